The van der Waals surface area contributed by atoms with Gasteiger partial charge in [-0.15, -0.1) is 0 Å². The lowest BCUT2D eigenvalue weighted by molar-refractivity contribution is -0.122. The fourth-order valence-electron chi connectivity index (χ4n) is 1.57. The predicted molar refractivity (Wildman–Crippen MR) is 79.8 cm³/mol. The molecule has 0 saturated heterocycles. The first kappa shape index (κ1) is 16.2. The maximum absolute atomic E-state index is 11.7. The van der Waals surface area contributed by atoms with E-state index in [1.54, 1.807) is 19.1 Å². The highest BCUT2D eigenvalue weighted by Crippen LogP contribution is 2.23. The normalized spacial score (nSPS) is 10.4. The Hall–Kier alpha value is -1.88. The van der Waals surface area contributed by atoms with Gasteiger partial charge in [-0.1, -0.05) is 13.0 Å². The Morgan fingerprint density at radius 1 is 1.15 bits per heavy atom. The quantitative estimate of drug-likeness (QED) is 0.840. The molecule has 2 N–H and O–H groups in total. The summed E-state index contributed by atoms with van der Waals surface area (Å²) in [6, 6.07) is 5.39. The Bertz CT molecular complexity index is 484. The zero-order valence-corrected chi connectivity index (χ0v) is 12.4. The van der Waals surface area contributed by atoms with E-state index in [9.17, 15) is 9.59 Å². The number of hydrogen-bond acceptors (Lipinski definition) is 3. The van der Waals surface area contributed by atoms with Gasteiger partial charge in [-0.2, -0.15) is 0 Å². The molecule has 0 spiro atoms. The van der Waals surface area contributed by atoms with Crippen LogP contribution < -0.4 is 10.6 Å². The van der Waals surface area contributed by atoms with E-state index in [4.69, 9.17) is 4.74 Å². The van der Waals surface area contributed by atoms with Crippen molar-refractivity contribution in [3.8, 4) is 0 Å². The third kappa shape index (κ3) is 5.01. The molecule has 1 aromatic carbocycles. The van der Waals surface area contributed by atoms with E-state index in [2.05, 4.69) is 10.6 Å². The molecule has 20 heavy (non-hydrogen) atoms. The minimum atomic E-state index is -0.208. The summed E-state index contributed by atoms with van der Waals surface area (Å²) >= 11 is 0. The number of rotatable bonds is 6. The Labute approximate surface area is 119 Å². The number of amides is 2. The van der Waals surface area contributed by atoms with E-state index < -0.39 is 0 Å². The molecule has 0 atom stereocenters. The van der Waals surface area contributed by atoms with E-state index in [-0.39, 0.29) is 24.5 Å². The molecule has 1 rings (SSSR count). The fraction of sp³-hybridized carbons (Fsp3) is 0.467. The van der Waals surface area contributed by atoms with Gasteiger partial charge in [0.25, 0.3) is 0 Å². The molecular weight excluding hydrogens is 256 g/mol. The van der Waals surface area contributed by atoms with Crippen molar-refractivity contribution < 1.29 is 14.3 Å². The van der Waals surface area contributed by atoms with E-state index in [0.29, 0.717) is 17.8 Å². The third-order valence-electron chi connectivity index (χ3n) is 2.75. The average Bonchev–Trinajstić information content (AvgIpc) is 2.40. The van der Waals surface area contributed by atoms with Crippen molar-refractivity contribution in [1.29, 1.82) is 0 Å². The molecule has 0 aliphatic heterocycles. The first-order valence-corrected chi connectivity index (χ1v) is 6.75. The van der Waals surface area contributed by atoms with Crippen LogP contribution in [-0.4, -0.2) is 24.5 Å². The second-order valence-corrected chi connectivity index (χ2v) is 4.79. The van der Waals surface area contributed by atoms with Gasteiger partial charge in [0, 0.05) is 17.8 Å². The van der Waals surface area contributed by atoms with Gasteiger partial charge >= 0.3 is 0 Å². The van der Waals surface area contributed by atoms with Crippen molar-refractivity contribution in [2.45, 2.75) is 40.2 Å². The van der Waals surface area contributed by atoms with Crippen LogP contribution in [0.1, 0.15) is 32.8 Å². The second-order valence-electron chi connectivity index (χ2n) is 4.79. The minimum Gasteiger partial charge on any atom is -0.369 e. The van der Waals surface area contributed by atoms with Crippen molar-refractivity contribution in [1.82, 2.24) is 0 Å². The zero-order valence-electron chi connectivity index (χ0n) is 12.4. The Morgan fingerprint density at radius 3 is 2.20 bits per heavy atom. The van der Waals surface area contributed by atoms with Crippen LogP contribution in [0.25, 0.3) is 0 Å². The van der Waals surface area contributed by atoms with Gasteiger partial charge in [0.1, 0.15) is 6.61 Å². The van der Waals surface area contributed by atoms with E-state index in [1.165, 1.54) is 0 Å². The van der Waals surface area contributed by atoms with Crippen LogP contribution in [0.15, 0.2) is 18.2 Å². The van der Waals surface area contributed by atoms with Gasteiger partial charge in [-0.3, -0.25) is 9.59 Å². The predicted octanol–water partition coefficient (Wildman–Crippen LogP) is 2.71. The van der Waals surface area contributed by atoms with Gasteiger partial charge in [0.15, 0.2) is 0 Å². The van der Waals surface area contributed by atoms with Gasteiger partial charge in [0.05, 0.1) is 6.10 Å². The van der Waals surface area contributed by atoms with Crippen LogP contribution in [0.2, 0.25) is 0 Å². The number of anilines is 2. The lowest BCUT2D eigenvalue weighted by Gasteiger charge is -2.14. The largest absolute Gasteiger partial charge is 0.369 e. The summed E-state index contributed by atoms with van der Waals surface area (Å²) in [6.45, 7) is 7.41. The van der Waals surface area contributed by atoms with Crippen molar-refractivity contribution in [3.05, 3.63) is 23.8 Å². The number of carbonyl (C=O) groups is 2. The van der Waals surface area contributed by atoms with E-state index >= 15 is 0 Å². The molecule has 2 amide bonds. The molecular formula is C15H22N2O3. The average molecular weight is 278 g/mol. The monoisotopic (exact) mass is 278 g/mol. The third-order valence-corrected chi connectivity index (χ3v) is 2.75. The lowest BCUT2D eigenvalue weighted by atomic mass is 10.1. The highest BCUT2D eigenvalue weighted by molar-refractivity contribution is 5.96. The topological polar surface area (TPSA) is 67.4 Å². The molecule has 0 saturated carbocycles. The van der Waals surface area contributed by atoms with E-state index in [0.717, 1.165) is 5.56 Å². The fourth-order valence-corrected chi connectivity index (χ4v) is 1.57. The molecule has 5 heteroatoms. The van der Waals surface area contributed by atoms with Crippen LogP contribution in [0, 0.1) is 6.92 Å². The van der Waals surface area contributed by atoms with Crippen molar-refractivity contribution in [2.75, 3.05) is 17.2 Å². The molecule has 0 aliphatic rings. The van der Waals surface area contributed by atoms with Gasteiger partial charge in [-0.25, -0.2) is 0 Å². The van der Waals surface area contributed by atoms with Crippen LogP contribution in [0.4, 0.5) is 11.4 Å². The summed E-state index contributed by atoms with van der Waals surface area (Å²) in [5.41, 5.74) is 2.21. The Balaban J connectivity index is 2.73. The molecule has 0 bridgehead atoms. The summed E-state index contributed by atoms with van der Waals surface area (Å²) in [5, 5.41) is 5.58. The van der Waals surface area contributed by atoms with Gasteiger partial charge in [-0.05, 0) is 38.5 Å². The Kier molecular flexibility index (Phi) is 6.18. The Morgan fingerprint density at radius 2 is 1.70 bits per heavy atom. The number of carbonyl (C=O) groups excluding carboxylic acids is 2. The number of hydrogen-bond donors (Lipinski definition) is 2. The van der Waals surface area contributed by atoms with Crippen molar-refractivity contribution >= 4 is 23.2 Å². The van der Waals surface area contributed by atoms with E-state index in [1.807, 2.05) is 26.8 Å². The molecule has 5 nitrogen and oxygen atoms in total. The number of benzene rings is 1. The van der Waals surface area contributed by atoms with Crippen LogP contribution in [0.3, 0.4) is 0 Å². The summed E-state index contributed by atoms with van der Waals surface area (Å²) in [7, 11) is 0. The summed E-state index contributed by atoms with van der Waals surface area (Å²) in [4.78, 5) is 23.2. The highest BCUT2D eigenvalue weighted by atomic mass is 16.5. The van der Waals surface area contributed by atoms with Crippen molar-refractivity contribution in [3.63, 3.8) is 0 Å². The van der Waals surface area contributed by atoms with Gasteiger partial charge in [0.2, 0.25) is 11.8 Å². The first-order valence-electron chi connectivity index (χ1n) is 6.75. The van der Waals surface area contributed by atoms with Crippen LogP contribution in [-0.2, 0) is 14.3 Å². The summed E-state index contributed by atoms with van der Waals surface area (Å²) < 4.78 is 5.25. The maximum atomic E-state index is 11.7. The zero-order chi connectivity index (χ0) is 15.1. The minimum absolute atomic E-state index is 0.0111. The van der Waals surface area contributed by atoms with Crippen molar-refractivity contribution in [2.24, 2.45) is 0 Å². The first-order chi connectivity index (χ1) is 9.43. The molecule has 0 unspecified atom stereocenters. The smallest absolute Gasteiger partial charge is 0.250 e. The second kappa shape index (κ2) is 7.65. The molecule has 0 heterocycles. The molecule has 0 fully saturated rings. The van der Waals surface area contributed by atoms with Gasteiger partial charge < -0.3 is 15.4 Å². The number of nitrogens with one attached hydrogen (secondary N) is 2. The summed E-state index contributed by atoms with van der Waals surface area (Å²) in [5.74, 6) is -0.263. The SMILES string of the molecule is CCC(=O)Nc1cccc(NC(=O)COC(C)C)c1C. The molecule has 0 aromatic heterocycles. The standard InChI is InChI=1S/C15H22N2O3/c1-5-14(18)16-12-7-6-8-13(11(12)4)17-15(19)9-20-10(2)3/h6-8,10H,5,9H2,1-4H3,(H,16,18)(H,17,19). The molecule has 110 valence electrons. The van der Waals surface area contributed by atoms with Crippen LogP contribution >= 0.6 is 0 Å². The number of ether oxygens (including phenoxy) is 1. The maximum Gasteiger partial charge on any atom is 0.250 e. The molecule has 0 aliphatic carbocycles. The highest BCUT2D eigenvalue weighted by Gasteiger charge is 2.09. The lowest BCUT2D eigenvalue weighted by Crippen LogP contribution is -2.21. The molecule has 0 radical (unpaired) electrons. The molecule has 1 aromatic rings. The summed E-state index contributed by atoms with van der Waals surface area (Å²) in [6.07, 6.45) is 0.426. The van der Waals surface area contributed by atoms with Crippen LogP contribution in [0.5, 0.6) is 0 Å².